The van der Waals surface area contributed by atoms with Crippen LogP contribution in [0.25, 0.3) is 0 Å². The van der Waals surface area contributed by atoms with Gasteiger partial charge in [-0.3, -0.25) is 0 Å². The first-order chi connectivity index (χ1) is 11.0. The topological polar surface area (TPSA) is 46.2 Å². The summed E-state index contributed by atoms with van der Waals surface area (Å²) in [6.07, 6.45) is 4.27. The Kier molecular flexibility index (Phi) is 4.56. The number of nitrogens with two attached hydrogens (primary N) is 1. The smallest absolute Gasteiger partial charge is 0.0683 e. The summed E-state index contributed by atoms with van der Waals surface area (Å²) >= 11 is 0. The van der Waals surface area contributed by atoms with Crippen molar-refractivity contribution >= 4 is 0 Å². The van der Waals surface area contributed by atoms with Crippen molar-refractivity contribution in [3.05, 3.63) is 71.8 Å². The zero-order valence-electron chi connectivity index (χ0n) is 13.9. The quantitative estimate of drug-likeness (QED) is 0.904. The zero-order valence-corrected chi connectivity index (χ0v) is 13.9. The Morgan fingerprint density at radius 1 is 0.957 bits per heavy atom. The van der Waals surface area contributed by atoms with Crippen molar-refractivity contribution in [2.45, 2.75) is 50.7 Å². The van der Waals surface area contributed by atoms with Crippen molar-refractivity contribution in [1.82, 2.24) is 0 Å². The van der Waals surface area contributed by atoms with Crippen molar-refractivity contribution < 1.29 is 5.11 Å². The third-order valence-corrected chi connectivity index (χ3v) is 5.57. The van der Waals surface area contributed by atoms with Crippen LogP contribution in [-0.2, 0) is 12.8 Å². The number of benzene rings is 2. The van der Waals surface area contributed by atoms with Crippen LogP contribution in [0.15, 0.2) is 60.7 Å². The van der Waals surface area contributed by atoms with Crippen LogP contribution in [0.4, 0.5) is 0 Å². The molecule has 3 N–H and O–H groups in total. The molecule has 0 bridgehead atoms. The summed E-state index contributed by atoms with van der Waals surface area (Å²) in [6.45, 7) is 2.00. The number of rotatable bonds is 4. The molecule has 23 heavy (non-hydrogen) atoms. The van der Waals surface area contributed by atoms with Crippen LogP contribution in [0.2, 0.25) is 0 Å². The van der Waals surface area contributed by atoms with Crippen LogP contribution < -0.4 is 5.73 Å². The van der Waals surface area contributed by atoms with Gasteiger partial charge in [0.2, 0.25) is 0 Å². The maximum atomic E-state index is 11.3. The van der Waals surface area contributed by atoms with E-state index in [0.29, 0.717) is 0 Å². The van der Waals surface area contributed by atoms with Gasteiger partial charge in [-0.25, -0.2) is 0 Å². The van der Waals surface area contributed by atoms with Gasteiger partial charge in [0, 0.05) is 11.5 Å². The summed E-state index contributed by atoms with van der Waals surface area (Å²) in [5, 5.41) is 11.3. The first-order valence-corrected chi connectivity index (χ1v) is 8.57. The molecule has 1 fully saturated rings. The van der Waals surface area contributed by atoms with Crippen LogP contribution in [0.1, 0.15) is 37.3 Å². The van der Waals surface area contributed by atoms with Crippen LogP contribution in [0.3, 0.4) is 0 Å². The molecular weight excluding hydrogens is 282 g/mol. The lowest BCUT2D eigenvalue weighted by Gasteiger charge is -2.51. The van der Waals surface area contributed by atoms with E-state index in [1.54, 1.807) is 0 Å². The van der Waals surface area contributed by atoms with Crippen molar-refractivity contribution in [2.24, 2.45) is 11.1 Å². The molecule has 1 saturated carbocycles. The highest BCUT2D eigenvalue weighted by Crippen LogP contribution is 2.48. The highest BCUT2D eigenvalue weighted by molar-refractivity contribution is 5.24. The average molecular weight is 309 g/mol. The van der Waals surface area contributed by atoms with Crippen LogP contribution >= 0.6 is 0 Å². The van der Waals surface area contributed by atoms with Gasteiger partial charge in [0.25, 0.3) is 0 Å². The second-order valence-corrected chi connectivity index (χ2v) is 7.38. The Labute approximate surface area is 139 Å². The molecule has 2 unspecified atom stereocenters. The van der Waals surface area contributed by atoms with E-state index >= 15 is 0 Å². The Hall–Kier alpha value is -1.64. The summed E-state index contributed by atoms with van der Waals surface area (Å²) in [6, 6.07) is 21.2. The second kappa shape index (κ2) is 6.46. The fourth-order valence-electron chi connectivity index (χ4n) is 4.12. The zero-order chi connectivity index (χ0) is 16.3. The van der Waals surface area contributed by atoms with E-state index in [2.05, 4.69) is 48.5 Å². The molecule has 2 heteroatoms. The van der Waals surface area contributed by atoms with E-state index in [-0.39, 0.29) is 11.5 Å². The van der Waals surface area contributed by atoms with E-state index in [9.17, 15) is 5.11 Å². The Morgan fingerprint density at radius 2 is 1.43 bits per heavy atom. The average Bonchev–Trinajstić information content (AvgIpc) is 2.54. The third-order valence-electron chi connectivity index (χ3n) is 5.57. The first-order valence-electron chi connectivity index (χ1n) is 8.57. The standard InChI is InChI=1S/C21H27NO/c1-20(23)13-12-19(22)16-21(20,14-17-8-4-2-5-9-17)15-18-10-6-3-7-11-18/h2-11,19,23H,12-16,22H2,1H3. The van der Waals surface area contributed by atoms with Crippen molar-refractivity contribution in [1.29, 1.82) is 0 Å². The number of hydrogen-bond donors (Lipinski definition) is 2. The van der Waals surface area contributed by atoms with E-state index in [1.165, 1.54) is 11.1 Å². The van der Waals surface area contributed by atoms with Gasteiger partial charge < -0.3 is 10.8 Å². The molecule has 0 heterocycles. The van der Waals surface area contributed by atoms with Crippen molar-refractivity contribution in [3.8, 4) is 0 Å². The van der Waals surface area contributed by atoms with E-state index in [1.807, 2.05) is 19.1 Å². The molecule has 2 nitrogen and oxygen atoms in total. The first kappa shape index (κ1) is 16.2. The fourth-order valence-corrected chi connectivity index (χ4v) is 4.12. The molecule has 0 spiro atoms. The van der Waals surface area contributed by atoms with Gasteiger partial charge in [-0.1, -0.05) is 60.7 Å². The van der Waals surface area contributed by atoms with Gasteiger partial charge in [0.15, 0.2) is 0 Å². The van der Waals surface area contributed by atoms with Gasteiger partial charge in [0.1, 0.15) is 0 Å². The molecule has 0 aromatic heterocycles. The van der Waals surface area contributed by atoms with Crippen LogP contribution in [-0.4, -0.2) is 16.7 Å². The lowest BCUT2D eigenvalue weighted by atomic mass is 9.57. The molecular formula is C21H27NO. The van der Waals surface area contributed by atoms with Crippen molar-refractivity contribution in [2.75, 3.05) is 0 Å². The van der Waals surface area contributed by atoms with Crippen molar-refractivity contribution in [3.63, 3.8) is 0 Å². The Morgan fingerprint density at radius 3 is 1.91 bits per heavy atom. The fraction of sp³-hybridized carbons (Fsp3) is 0.429. The van der Waals surface area contributed by atoms with Gasteiger partial charge in [0.05, 0.1) is 5.60 Å². The predicted molar refractivity (Wildman–Crippen MR) is 95.2 cm³/mol. The van der Waals surface area contributed by atoms with E-state index in [0.717, 1.165) is 32.1 Å². The number of aliphatic hydroxyl groups is 1. The molecule has 3 rings (SSSR count). The monoisotopic (exact) mass is 309 g/mol. The molecule has 2 atom stereocenters. The minimum absolute atomic E-state index is 0.169. The largest absolute Gasteiger partial charge is 0.390 e. The minimum Gasteiger partial charge on any atom is -0.390 e. The number of hydrogen-bond acceptors (Lipinski definition) is 2. The molecule has 1 aliphatic rings. The molecule has 0 amide bonds. The Bertz CT molecular complexity index is 579. The molecule has 0 aliphatic heterocycles. The third kappa shape index (κ3) is 3.49. The van der Waals surface area contributed by atoms with E-state index in [4.69, 9.17) is 5.73 Å². The van der Waals surface area contributed by atoms with Gasteiger partial charge in [-0.2, -0.15) is 0 Å². The molecule has 0 radical (unpaired) electrons. The van der Waals surface area contributed by atoms with E-state index < -0.39 is 5.60 Å². The highest BCUT2D eigenvalue weighted by atomic mass is 16.3. The maximum absolute atomic E-state index is 11.3. The highest BCUT2D eigenvalue weighted by Gasteiger charge is 2.50. The van der Waals surface area contributed by atoms with Gasteiger partial charge in [-0.15, -0.1) is 0 Å². The molecule has 122 valence electrons. The molecule has 0 saturated heterocycles. The van der Waals surface area contributed by atoms with Crippen LogP contribution in [0, 0.1) is 5.41 Å². The molecule has 1 aliphatic carbocycles. The lowest BCUT2D eigenvalue weighted by molar-refractivity contribution is -0.106. The summed E-state index contributed by atoms with van der Waals surface area (Å²) in [5.41, 5.74) is 7.96. The SMILES string of the molecule is CC1(O)CCC(N)CC1(Cc1ccccc1)Cc1ccccc1. The summed E-state index contributed by atoms with van der Waals surface area (Å²) < 4.78 is 0. The normalized spacial score (nSPS) is 26.8. The second-order valence-electron chi connectivity index (χ2n) is 7.38. The van der Waals surface area contributed by atoms with Crippen LogP contribution in [0.5, 0.6) is 0 Å². The summed E-state index contributed by atoms with van der Waals surface area (Å²) in [4.78, 5) is 0. The lowest BCUT2D eigenvalue weighted by Crippen LogP contribution is -2.55. The molecule has 2 aromatic carbocycles. The summed E-state index contributed by atoms with van der Waals surface area (Å²) in [7, 11) is 0. The van der Waals surface area contributed by atoms with Gasteiger partial charge >= 0.3 is 0 Å². The minimum atomic E-state index is -0.700. The Balaban J connectivity index is 1.97. The molecule has 2 aromatic rings. The van der Waals surface area contributed by atoms with Gasteiger partial charge in [-0.05, 0) is 50.2 Å². The summed E-state index contributed by atoms with van der Waals surface area (Å²) in [5.74, 6) is 0. The predicted octanol–water partition coefficient (Wildman–Crippen LogP) is 3.72. The maximum Gasteiger partial charge on any atom is 0.0683 e.